The van der Waals surface area contributed by atoms with Gasteiger partial charge in [0.05, 0.1) is 13.5 Å². The van der Waals surface area contributed by atoms with E-state index in [0.29, 0.717) is 11.7 Å². The van der Waals surface area contributed by atoms with Gasteiger partial charge in [0.15, 0.2) is 5.12 Å². The lowest BCUT2D eigenvalue weighted by Gasteiger charge is -2.02. The van der Waals surface area contributed by atoms with Gasteiger partial charge in [0.2, 0.25) is 5.88 Å². The molecule has 0 unspecified atom stereocenters. The lowest BCUT2D eigenvalue weighted by atomic mass is 10.4. The minimum atomic E-state index is -0.257. The zero-order chi connectivity index (χ0) is 9.84. The van der Waals surface area contributed by atoms with Crippen LogP contribution in [-0.2, 0) is 11.2 Å². The van der Waals surface area contributed by atoms with E-state index in [9.17, 15) is 4.79 Å². The molecule has 13 heavy (non-hydrogen) atoms. The lowest BCUT2D eigenvalue weighted by molar-refractivity contribution is -0.110. The summed E-state index contributed by atoms with van der Waals surface area (Å²) in [4.78, 5) is 18.7. The first-order valence-electron chi connectivity index (χ1n) is 3.72. The van der Waals surface area contributed by atoms with Gasteiger partial charge in [-0.15, -0.1) is 12.6 Å². The van der Waals surface area contributed by atoms with Crippen LogP contribution in [0.15, 0.2) is 6.07 Å². The highest BCUT2D eigenvalue weighted by atomic mass is 32.1. The van der Waals surface area contributed by atoms with E-state index in [0.717, 1.165) is 5.69 Å². The van der Waals surface area contributed by atoms with Gasteiger partial charge in [0, 0.05) is 11.8 Å². The van der Waals surface area contributed by atoms with Crippen LogP contribution in [0.25, 0.3) is 0 Å². The summed E-state index contributed by atoms with van der Waals surface area (Å²) in [6.45, 7) is 1.82. The van der Waals surface area contributed by atoms with Crippen LogP contribution in [0, 0.1) is 6.92 Å². The van der Waals surface area contributed by atoms with Crippen molar-refractivity contribution in [3.05, 3.63) is 17.6 Å². The first kappa shape index (κ1) is 9.98. The van der Waals surface area contributed by atoms with Gasteiger partial charge in [-0.05, 0) is 6.92 Å². The molecule has 1 rings (SSSR count). The van der Waals surface area contributed by atoms with Gasteiger partial charge in [-0.3, -0.25) is 4.79 Å². The maximum Gasteiger partial charge on any atom is 0.216 e. The van der Waals surface area contributed by atoms with Gasteiger partial charge in [-0.2, -0.15) is 4.98 Å². The van der Waals surface area contributed by atoms with Gasteiger partial charge >= 0.3 is 0 Å². The van der Waals surface area contributed by atoms with Crippen LogP contribution < -0.4 is 4.74 Å². The third-order valence-electron chi connectivity index (χ3n) is 1.40. The SMILES string of the molecule is COc1cc(C)nc(CC(=O)S)n1. The molecule has 0 radical (unpaired) electrons. The maximum absolute atomic E-state index is 10.7. The molecule has 0 saturated heterocycles. The molecule has 0 aliphatic rings. The number of ether oxygens (including phenoxy) is 1. The lowest BCUT2D eigenvalue weighted by Crippen LogP contribution is -2.03. The molecule has 0 spiro atoms. The van der Waals surface area contributed by atoms with Crippen molar-refractivity contribution in [3.8, 4) is 5.88 Å². The number of hydrogen-bond acceptors (Lipinski definition) is 4. The standard InChI is InChI=1S/C8H10N2O2S/c1-5-3-7(12-2)10-6(9-5)4-8(11)13/h3H,4H2,1-2H3,(H,11,13). The largest absolute Gasteiger partial charge is 0.481 e. The van der Waals surface area contributed by atoms with Crippen molar-refractivity contribution in [1.29, 1.82) is 0 Å². The van der Waals surface area contributed by atoms with E-state index in [1.54, 1.807) is 6.07 Å². The molecular weight excluding hydrogens is 188 g/mol. The summed E-state index contributed by atoms with van der Waals surface area (Å²) in [7, 11) is 1.52. The highest BCUT2D eigenvalue weighted by molar-refractivity contribution is 7.96. The summed E-state index contributed by atoms with van der Waals surface area (Å²) in [5.41, 5.74) is 0.774. The second kappa shape index (κ2) is 4.23. The fraction of sp³-hybridized carbons (Fsp3) is 0.375. The fourth-order valence-corrected chi connectivity index (χ4v) is 1.06. The first-order chi connectivity index (χ1) is 6.11. The molecule has 0 aliphatic heterocycles. The Hall–Kier alpha value is -1.10. The summed E-state index contributed by atoms with van der Waals surface area (Å²) in [6.07, 6.45) is 0.126. The summed E-state index contributed by atoms with van der Waals surface area (Å²) in [5.74, 6) is 0.911. The van der Waals surface area contributed by atoms with Crippen LogP contribution in [0.1, 0.15) is 11.5 Å². The smallest absolute Gasteiger partial charge is 0.216 e. The molecule has 0 atom stereocenters. The molecule has 1 heterocycles. The molecule has 1 aromatic rings. The molecule has 0 aliphatic carbocycles. The molecule has 5 heteroatoms. The Morgan fingerprint density at radius 2 is 2.31 bits per heavy atom. The fourth-order valence-electron chi connectivity index (χ4n) is 0.918. The number of thiol groups is 1. The molecule has 4 nitrogen and oxygen atoms in total. The third kappa shape index (κ3) is 3.02. The highest BCUT2D eigenvalue weighted by Crippen LogP contribution is 2.08. The summed E-state index contributed by atoms with van der Waals surface area (Å²) in [6, 6.07) is 1.70. The highest BCUT2D eigenvalue weighted by Gasteiger charge is 2.04. The number of hydrogen-bond donors (Lipinski definition) is 1. The summed E-state index contributed by atoms with van der Waals surface area (Å²) in [5, 5.41) is -0.257. The van der Waals surface area contributed by atoms with Crippen LogP contribution in [0.2, 0.25) is 0 Å². The van der Waals surface area contributed by atoms with E-state index in [1.807, 2.05) is 6.92 Å². The van der Waals surface area contributed by atoms with Crippen LogP contribution in [0.5, 0.6) is 5.88 Å². The van der Waals surface area contributed by atoms with Crippen LogP contribution in [0.4, 0.5) is 0 Å². The van der Waals surface area contributed by atoms with E-state index in [-0.39, 0.29) is 11.5 Å². The van der Waals surface area contributed by atoms with Gasteiger partial charge in [-0.25, -0.2) is 4.98 Å². The number of carbonyl (C=O) groups is 1. The Labute approximate surface area is 81.8 Å². The van der Waals surface area contributed by atoms with Crippen LogP contribution >= 0.6 is 12.6 Å². The Morgan fingerprint density at radius 3 is 2.85 bits per heavy atom. The second-order valence-corrected chi connectivity index (χ2v) is 3.04. The topological polar surface area (TPSA) is 52.1 Å². The van der Waals surface area contributed by atoms with E-state index in [4.69, 9.17) is 4.74 Å². The van der Waals surface area contributed by atoms with E-state index in [2.05, 4.69) is 22.6 Å². The molecule has 0 fully saturated rings. The quantitative estimate of drug-likeness (QED) is 0.730. The number of rotatable bonds is 3. The molecule has 0 bridgehead atoms. The number of nitrogens with zero attached hydrogens (tertiary/aromatic N) is 2. The Morgan fingerprint density at radius 1 is 1.62 bits per heavy atom. The van der Waals surface area contributed by atoms with E-state index in [1.165, 1.54) is 7.11 Å². The Kier molecular flexibility index (Phi) is 3.25. The van der Waals surface area contributed by atoms with Crippen molar-refractivity contribution >= 4 is 17.7 Å². The zero-order valence-corrected chi connectivity index (χ0v) is 8.34. The molecule has 1 aromatic heterocycles. The van der Waals surface area contributed by atoms with Crippen LogP contribution in [0.3, 0.4) is 0 Å². The van der Waals surface area contributed by atoms with Gasteiger partial charge in [0.25, 0.3) is 0 Å². The minimum absolute atomic E-state index is 0.126. The summed E-state index contributed by atoms with van der Waals surface area (Å²) >= 11 is 3.65. The molecular formula is C8H10N2O2S. The van der Waals surface area contributed by atoms with Crippen molar-refractivity contribution in [3.63, 3.8) is 0 Å². The van der Waals surface area contributed by atoms with Gasteiger partial charge in [-0.1, -0.05) is 0 Å². The molecule has 0 aromatic carbocycles. The average molecular weight is 198 g/mol. The molecule has 0 N–H and O–H groups in total. The van der Waals surface area contributed by atoms with Crippen molar-refractivity contribution in [2.45, 2.75) is 13.3 Å². The minimum Gasteiger partial charge on any atom is -0.481 e. The van der Waals surface area contributed by atoms with Gasteiger partial charge < -0.3 is 4.74 Å². The van der Waals surface area contributed by atoms with Gasteiger partial charge in [0.1, 0.15) is 5.82 Å². The maximum atomic E-state index is 10.7. The van der Waals surface area contributed by atoms with Crippen molar-refractivity contribution in [2.75, 3.05) is 7.11 Å². The first-order valence-corrected chi connectivity index (χ1v) is 4.17. The summed E-state index contributed by atoms with van der Waals surface area (Å²) < 4.78 is 4.93. The number of aryl methyl sites for hydroxylation is 1. The predicted octanol–water partition coefficient (Wildman–Crippen LogP) is 0.793. The van der Waals surface area contributed by atoms with E-state index >= 15 is 0 Å². The molecule has 0 amide bonds. The van der Waals surface area contributed by atoms with E-state index < -0.39 is 0 Å². The van der Waals surface area contributed by atoms with Crippen molar-refractivity contribution in [2.24, 2.45) is 0 Å². The predicted molar refractivity (Wildman–Crippen MR) is 51.0 cm³/mol. The van der Waals surface area contributed by atoms with Crippen LogP contribution in [-0.4, -0.2) is 22.2 Å². The Bertz CT molecular complexity index is 328. The second-order valence-electron chi connectivity index (χ2n) is 2.54. The molecule has 70 valence electrons. The molecule has 0 saturated carbocycles. The van der Waals surface area contributed by atoms with Crippen molar-refractivity contribution in [1.82, 2.24) is 9.97 Å². The normalized spacial score (nSPS) is 9.77. The monoisotopic (exact) mass is 198 g/mol. The Balaban J connectivity index is 2.94. The number of aromatic nitrogens is 2. The zero-order valence-electron chi connectivity index (χ0n) is 7.44. The third-order valence-corrected chi connectivity index (χ3v) is 1.55. The van der Waals surface area contributed by atoms with Crippen molar-refractivity contribution < 1.29 is 9.53 Å². The average Bonchev–Trinajstić information content (AvgIpc) is 2.01. The number of carbonyl (C=O) groups excluding carboxylic acids is 1. The number of methoxy groups -OCH3 is 1.